The van der Waals surface area contributed by atoms with Crippen molar-refractivity contribution in [1.29, 1.82) is 5.26 Å². The van der Waals surface area contributed by atoms with Gasteiger partial charge in [-0.05, 0) is 22.6 Å². The molecule has 14 heavy (non-hydrogen) atoms. The highest BCUT2D eigenvalue weighted by Gasteiger charge is 2.18. The summed E-state index contributed by atoms with van der Waals surface area (Å²) in [7, 11) is 0. The number of rotatable bonds is 2. The molecule has 0 aromatic carbocycles. The standard InChI is InChI=1S/C8H3F2IN2O/c9-8(10)7-6(11)5(3-14)4(1-12)2-13-7/h2-3,8H. The van der Waals surface area contributed by atoms with Crippen LogP contribution in [0.3, 0.4) is 0 Å². The summed E-state index contributed by atoms with van der Waals surface area (Å²) in [5.74, 6) is 0. The number of hydrogen-bond donors (Lipinski definition) is 0. The molecule has 72 valence electrons. The number of carbonyl (C=O) groups is 1. The van der Waals surface area contributed by atoms with E-state index in [4.69, 9.17) is 5.26 Å². The quantitative estimate of drug-likeness (QED) is 0.622. The van der Waals surface area contributed by atoms with Gasteiger partial charge in [-0.15, -0.1) is 0 Å². The number of hydrogen-bond acceptors (Lipinski definition) is 3. The highest BCUT2D eigenvalue weighted by Crippen LogP contribution is 2.25. The topological polar surface area (TPSA) is 53.8 Å². The van der Waals surface area contributed by atoms with E-state index in [0.717, 1.165) is 6.20 Å². The molecular formula is C8H3F2IN2O. The fourth-order valence-corrected chi connectivity index (χ4v) is 1.67. The Morgan fingerprint density at radius 2 is 2.29 bits per heavy atom. The van der Waals surface area contributed by atoms with Gasteiger partial charge < -0.3 is 0 Å². The highest BCUT2D eigenvalue weighted by atomic mass is 127. The third-order valence-electron chi connectivity index (χ3n) is 1.53. The van der Waals surface area contributed by atoms with Gasteiger partial charge in [-0.1, -0.05) is 0 Å². The van der Waals surface area contributed by atoms with Crippen molar-refractivity contribution in [1.82, 2.24) is 4.98 Å². The monoisotopic (exact) mass is 308 g/mol. The van der Waals surface area contributed by atoms with Crippen LogP contribution in [0.1, 0.15) is 28.0 Å². The largest absolute Gasteiger partial charge is 0.298 e. The van der Waals surface area contributed by atoms with Crippen molar-refractivity contribution < 1.29 is 13.6 Å². The Bertz CT molecular complexity index is 415. The third-order valence-corrected chi connectivity index (χ3v) is 2.66. The Hall–Kier alpha value is -1.10. The molecule has 1 aromatic heterocycles. The van der Waals surface area contributed by atoms with E-state index in [1.807, 2.05) is 0 Å². The van der Waals surface area contributed by atoms with Crippen LogP contribution in [-0.2, 0) is 0 Å². The molecule has 1 aromatic rings. The van der Waals surface area contributed by atoms with E-state index in [1.54, 1.807) is 28.7 Å². The van der Waals surface area contributed by atoms with Crippen LogP contribution in [0.5, 0.6) is 0 Å². The Labute approximate surface area is 91.9 Å². The zero-order chi connectivity index (χ0) is 10.7. The molecule has 1 heterocycles. The van der Waals surface area contributed by atoms with E-state index >= 15 is 0 Å². The highest BCUT2D eigenvalue weighted by molar-refractivity contribution is 14.1. The molecule has 0 bridgehead atoms. The van der Waals surface area contributed by atoms with Gasteiger partial charge in [0.1, 0.15) is 11.8 Å². The molecule has 0 N–H and O–H groups in total. The smallest absolute Gasteiger partial charge is 0.281 e. The van der Waals surface area contributed by atoms with Crippen LogP contribution in [0.2, 0.25) is 0 Å². The van der Waals surface area contributed by atoms with Gasteiger partial charge in [0.25, 0.3) is 6.43 Å². The van der Waals surface area contributed by atoms with E-state index in [0.29, 0.717) is 6.29 Å². The molecular weight excluding hydrogens is 305 g/mol. The fraction of sp³-hybridized carbons (Fsp3) is 0.125. The molecule has 0 radical (unpaired) electrons. The Morgan fingerprint density at radius 3 is 2.71 bits per heavy atom. The van der Waals surface area contributed by atoms with Crippen LogP contribution in [-0.4, -0.2) is 11.3 Å². The summed E-state index contributed by atoms with van der Waals surface area (Å²) in [6.07, 6.45) is -1.38. The van der Waals surface area contributed by atoms with Crippen LogP contribution in [0.15, 0.2) is 6.20 Å². The molecule has 0 atom stereocenters. The molecule has 0 amide bonds. The molecule has 0 saturated heterocycles. The normalized spacial score (nSPS) is 9.93. The number of halogens is 3. The van der Waals surface area contributed by atoms with Crippen molar-refractivity contribution in [3.8, 4) is 6.07 Å². The van der Waals surface area contributed by atoms with Crippen molar-refractivity contribution in [2.75, 3.05) is 0 Å². The summed E-state index contributed by atoms with van der Waals surface area (Å²) in [6.45, 7) is 0. The maximum absolute atomic E-state index is 12.3. The minimum atomic E-state index is -2.74. The summed E-state index contributed by atoms with van der Waals surface area (Å²) in [6, 6.07) is 1.71. The predicted molar refractivity (Wildman–Crippen MR) is 52.0 cm³/mol. The summed E-state index contributed by atoms with van der Waals surface area (Å²) >= 11 is 1.58. The van der Waals surface area contributed by atoms with Gasteiger partial charge in [0.15, 0.2) is 6.29 Å². The molecule has 0 unspecified atom stereocenters. The van der Waals surface area contributed by atoms with Gasteiger partial charge in [-0.25, -0.2) is 8.78 Å². The second-order valence-corrected chi connectivity index (χ2v) is 3.39. The first kappa shape index (κ1) is 11.0. The Morgan fingerprint density at radius 1 is 1.64 bits per heavy atom. The van der Waals surface area contributed by atoms with Gasteiger partial charge in [0.2, 0.25) is 0 Å². The average Bonchev–Trinajstić information content (AvgIpc) is 2.16. The van der Waals surface area contributed by atoms with E-state index < -0.39 is 12.1 Å². The number of aromatic nitrogens is 1. The van der Waals surface area contributed by atoms with Crippen molar-refractivity contribution in [2.24, 2.45) is 0 Å². The second-order valence-electron chi connectivity index (χ2n) is 2.32. The van der Waals surface area contributed by atoms with Crippen LogP contribution in [0.4, 0.5) is 8.78 Å². The number of pyridine rings is 1. The molecule has 6 heteroatoms. The molecule has 0 aliphatic rings. The number of nitriles is 1. The lowest BCUT2D eigenvalue weighted by molar-refractivity contribution is 0.112. The molecule has 0 aliphatic carbocycles. The first-order valence-corrected chi connectivity index (χ1v) is 4.51. The van der Waals surface area contributed by atoms with Crippen molar-refractivity contribution >= 4 is 28.9 Å². The van der Waals surface area contributed by atoms with E-state index in [9.17, 15) is 13.6 Å². The molecule has 0 saturated carbocycles. The van der Waals surface area contributed by atoms with Crippen LogP contribution < -0.4 is 0 Å². The van der Waals surface area contributed by atoms with Gasteiger partial charge in [-0.2, -0.15) is 5.26 Å². The Kier molecular flexibility index (Phi) is 3.46. The molecule has 1 rings (SSSR count). The molecule has 0 spiro atoms. The van der Waals surface area contributed by atoms with Gasteiger partial charge in [0.05, 0.1) is 9.13 Å². The van der Waals surface area contributed by atoms with Crippen molar-refractivity contribution in [3.63, 3.8) is 0 Å². The third kappa shape index (κ3) is 1.87. The average molecular weight is 308 g/mol. The zero-order valence-corrected chi connectivity index (χ0v) is 8.83. The Balaban J connectivity index is 3.44. The van der Waals surface area contributed by atoms with Gasteiger partial charge >= 0.3 is 0 Å². The lowest BCUT2D eigenvalue weighted by Crippen LogP contribution is -2.02. The summed E-state index contributed by atoms with van der Waals surface area (Å²) in [4.78, 5) is 14.0. The van der Waals surface area contributed by atoms with E-state index in [-0.39, 0.29) is 14.7 Å². The first-order valence-electron chi connectivity index (χ1n) is 3.43. The molecule has 0 aliphatic heterocycles. The van der Waals surface area contributed by atoms with Gasteiger partial charge in [-0.3, -0.25) is 9.78 Å². The van der Waals surface area contributed by atoms with Crippen LogP contribution in [0, 0.1) is 14.9 Å². The summed E-state index contributed by atoms with van der Waals surface area (Å²) < 4.78 is 24.7. The maximum atomic E-state index is 12.3. The predicted octanol–water partition coefficient (Wildman–Crippen LogP) is 2.31. The summed E-state index contributed by atoms with van der Waals surface area (Å²) in [5, 5.41) is 8.56. The minimum Gasteiger partial charge on any atom is -0.298 e. The maximum Gasteiger partial charge on any atom is 0.281 e. The lowest BCUT2D eigenvalue weighted by atomic mass is 10.1. The van der Waals surface area contributed by atoms with Crippen molar-refractivity contribution in [3.05, 3.63) is 26.6 Å². The fourth-order valence-electron chi connectivity index (χ4n) is 0.873. The summed E-state index contributed by atoms with van der Waals surface area (Å²) in [5.41, 5.74) is -0.487. The number of carbonyl (C=O) groups excluding carboxylic acids is 1. The number of nitrogens with zero attached hydrogens (tertiary/aromatic N) is 2. The second kappa shape index (κ2) is 4.41. The SMILES string of the molecule is N#Cc1cnc(C(F)F)c(I)c1C=O. The first-order chi connectivity index (χ1) is 6.61. The number of alkyl halides is 2. The minimum absolute atomic E-state index is 0.00815. The van der Waals surface area contributed by atoms with E-state index in [1.165, 1.54) is 0 Å². The van der Waals surface area contributed by atoms with Crippen molar-refractivity contribution in [2.45, 2.75) is 6.43 Å². The van der Waals surface area contributed by atoms with Crippen LogP contribution >= 0.6 is 22.6 Å². The lowest BCUT2D eigenvalue weighted by Gasteiger charge is -2.04. The molecule has 0 fully saturated rings. The molecule has 3 nitrogen and oxygen atoms in total. The zero-order valence-electron chi connectivity index (χ0n) is 6.67. The van der Waals surface area contributed by atoms with Crippen LogP contribution in [0.25, 0.3) is 0 Å². The van der Waals surface area contributed by atoms with E-state index in [2.05, 4.69) is 4.98 Å². The van der Waals surface area contributed by atoms with Gasteiger partial charge in [0, 0.05) is 11.8 Å². The number of aldehydes is 1.